The van der Waals surface area contributed by atoms with Crippen LogP contribution in [0.5, 0.6) is 0 Å². The lowest BCUT2D eigenvalue weighted by molar-refractivity contribution is -0.138. The molecule has 17 heteroatoms. The van der Waals surface area contributed by atoms with Crippen molar-refractivity contribution in [2.45, 2.75) is 44.3 Å². The molecular formula is C49H37F6N5O4S2. The number of hydrogen-bond acceptors (Lipinski definition) is 8. The summed E-state index contributed by atoms with van der Waals surface area (Å²) in [7, 11) is -4.29. The highest BCUT2D eigenvalue weighted by Gasteiger charge is 2.33. The first-order valence-corrected chi connectivity index (χ1v) is 22.1. The van der Waals surface area contributed by atoms with E-state index in [-0.39, 0.29) is 15.3 Å². The second-order valence-corrected chi connectivity index (χ2v) is 17.9. The van der Waals surface area contributed by atoms with Crippen LogP contribution >= 0.6 is 11.3 Å². The molecule has 0 aliphatic heterocycles. The van der Waals surface area contributed by atoms with E-state index in [1.54, 1.807) is 68.4 Å². The van der Waals surface area contributed by atoms with Gasteiger partial charge in [-0.1, -0.05) is 66.7 Å². The third-order valence-corrected chi connectivity index (χ3v) is 12.7. The SMILES string of the molecule is Cc1cc(-c2ccc(C(F)(F)F)c(C)c2)nc(-c2cccc(-c3ccc(S(=O)(=O)O)s3)c2)n1.Cc1cc(-c2ccc(C(F)(F)F)c(C)c2)nc(-c2cccc(-c3ccccc3C(N)=O)c2)n1. The van der Waals surface area contributed by atoms with E-state index in [0.717, 1.165) is 29.0 Å². The molecule has 9 nitrogen and oxygen atoms in total. The van der Waals surface area contributed by atoms with Gasteiger partial charge in [0, 0.05) is 44.1 Å². The van der Waals surface area contributed by atoms with E-state index in [0.29, 0.717) is 78.2 Å². The molecule has 0 unspecified atom stereocenters. The van der Waals surface area contributed by atoms with Crippen molar-refractivity contribution in [2.24, 2.45) is 5.73 Å². The van der Waals surface area contributed by atoms with Crippen molar-refractivity contribution in [3.63, 3.8) is 0 Å². The largest absolute Gasteiger partial charge is 0.416 e. The first kappa shape index (κ1) is 46.9. The van der Waals surface area contributed by atoms with Gasteiger partial charge in [0.15, 0.2) is 11.6 Å². The smallest absolute Gasteiger partial charge is 0.366 e. The first-order valence-electron chi connectivity index (χ1n) is 19.8. The van der Waals surface area contributed by atoms with E-state index in [2.05, 4.69) is 19.9 Å². The van der Waals surface area contributed by atoms with Crippen LogP contribution in [0.4, 0.5) is 26.3 Å². The highest BCUT2D eigenvalue weighted by atomic mass is 32.3. The molecule has 0 atom stereocenters. The second-order valence-electron chi connectivity index (χ2n) is 15.2. The Kier molecular flexibility index (Phi) is 13.1. The monoisotopic (exact) mass is 937 g/mol. The van der Waals surface area contributed by atoms with E-state index >= 15 is 0 Å². The number of hydrogen-bond donors (Lipinski definition) is 2. The molecule has 0 fully saturated rings. The molecule has 3 N–H and O–H groups in total. The number of alkyl halides is 6. The van der Waals surface area contributed by atoms with Crippen molar-refractivity contribution in [2.75, 3.05) is 0 Å². The molecule has 336 valence electrons. The van der Waals surface area contributed by atoms with Gasteiger partial charge in [0.1, 0.15) is 4.21 Å². The molecule has 0 bridgehead atoms. The van der Waals surface area contributed by atoms with E-state index < -0.39 is 39.5 Å². The lowest BCUT2D eigenvalue weighted by Crippen LogP contribution is -2.12. The number of benzene rings is 5. The highest BCUT2D eigenvalue weighted by Crippen LogP contribution is 2.37. The number of rotatable bonds is 8. The van der Waals surface area contributed by atoms with Crippen LogP contribution in [-0.4, -0.2) is 38.8 Å². The predicted octanol–water partition coefficient (Wildman–Crippen LogP) is 12.6. The normalized spacial score (nSPS) is 11.8. The Morgan fingerprint density at radius 1 is 0.545 bits per heavy atom. The minimum atomic E-state index is -4.42. The molecule has 0 saturated heterocycles. The minimum absolute atomic E-state index is 0.104. The highest BCUT2D eigenvalue weighted by molar-refractivity contribution is 7.88. The molecule has 1 amide bonds. The fourth-order valence-electron chi connectivity index (χ4n) is 7.17. The lowest BCUT2D eigenvalue weighted by Gasteiger charge is -2.13. The van der Waals surface area contributed by atoms with Crippen molar-refractivity contribution >= 4 is 27.4 Å². The Hall–Kier alpha value is -7.08. The van der Waals surface area contributed by atoms with Crippen LogP contribution in [0.1, 0.15) is 44.0 Å². The molecule has 3 heterocycles. The van der Waals surface area contributed by atoms with E-state index in [9.17, 15) is 44.1 Å². The lowest BCUT2D eigenvalue weighted by atomic mass is 9.97. The summed E-state index contributed by atoms with van der Waals surface area (Å²) in [4.78, 5) is 30.6. The zero-order valence-corrected chi connectivity index (χ0v) is 37.0. The van der Waals surface area contributed by atoms with Gasteiger partial charge in [0.05, 0.1) is 22.5 Å². The number of nitrogens with zero attached hydrogens (tertiary/aromatic N) is 4. The maximum atomic E-state index is 13.1. The molecule has 8 rings (SSSR count). The van der Waals surface area contributed by atoms with Crippen molar-refractivity contribution in [1.29, 1.82) is 0 Å². The summed E-state index contributed by atoms with van der Waals surface area (Å²) in [6, 6.07) is 35.8. The van der Waals surface area contributed by atoms with Crippen molar-refractivity contribution in [1.82, 2.24) is 19.9 Å². The van der Waals surface area contributed by atoms with Crippen LogP contribution in [0.25, 0.3) is 66.9 Å². The first-order chi connectivity index (χ1) is 31.0. The summed E-state index contributed by atoms with van der Waals surface area (Å²) in [5, 5.41) is 0. The zero-order chi connectivity index (χ0) is 47.7. The number of thiophene rings is 1. The molecule has 0 aliphatic carbocycles. The standard InChI is InChI=1S/C26H20F3N3O.C23H17F3N2O3S2/c1-15-12-18(10-11-22(15)26(27,28)29)23-13-16(2)31-25(32-23)19-7-5-6-17(14-19)20-8-3-4-9-21(20)24(30)33;1-13-10-15(6-7-18(13)23(24,25)26)19-11-14(2)27-22(28-19)17-5-3-4-16(12-17)20-8-9-21(32-20)33(29,30)31/h3-14H,1-2H3,(H2,30,33);3-12H,1-2H3,(H,29,30,31). The number of carbonyl (C=O) groups is 1. The quantitative estimate of drug-likeness (QED) is 0.113. The van der Waals surface area contributed by atoms with Crippen molar-refractivity contribution in [3.8, 4) is 66.9 Å². The van der Waals surface area contributed by atoms with Crippen molar-refractivity contribution < 1.29 is 44.1 Å². The van der Waals surface area contributed by atoms with Gasteiger partial charge in [-0.3, -0.25) is 9.35 Å². The summed E-state index contributed by atoms with van der Waals surface area (Å²) in [6.45, 7) is 6.42. The maximum absolute atomic E-state index is 13.1. The molecule has 66 heavy (non-hydrogen) atoms. The molecule has 0 aliphatic rings. The Morgan fingerprint density at radius 2 is 1.02 bits per heavy atom. The zero-order valence-electron chi connectivity index (χ0n) is 35.3. The number of carbonyl (C=O) groups excluding carboxylic acids is 1. The number of amides is 1. The molecule has 3 aromatic heterocycles. The van der Waals surface area contributed by atoms with Crippen molar-refractivity contribution in [3.05, 3.63) is 173 Å². The van der Waals surface area contributed by atoms with E-state index in [1.165, 1.54) is 44.2 Å². The minimum Gasteiger partial charge on any atom is -0.366 e. The number of aryl methyl sites for hydroxylation is 4. The Balaban J connectivity index is 0.000000196. The van der Waals surface area contributed by atoms with Crippen LogP contribution < -0.4 is 5.73 Å². The second kappa shape index (κ2) is 18.4. The van der Waals surface area contributed by atoms with Crippen LogP contribution in [-0.2, 0) is 22.5 Å². The summed E-state index contributed by atoms with van der Waals surface area (Å²) < 4.78 is 111. The van der Waals surface area contributed by atoms with Gasteiger partial charge in [0.25, 0.3) is 0 Å². The van der Waals surface area contributed by atoms with Gasteiger partial charge >= 0.3 is 22.5 Å². The van der Waals surface area contributed by atoms with Gasteiger partial charge in [-0.2, -0.15) is 34.8 Å². The maximum Gasteiger partial charge on any atom is 0.416 e. The average molecular weight is 938 g/mol. The predicted molar refractivity (Wildman–Crippen MR) is 242 cm³/mol. The van der Waals surface area contributed by atoms with Gasteiger partial charge in [-0.05, 0) is 122 Å². The molecule has 5 aromatic carbocycles. The topological polar surface area (TPSA) is 149 Å². The van der Waals surface area contributed by atoms with Crippen LogP contribution in [0.3, 0.4) is 0 Å². The number of aromatic nitrogens is 4. The van der Waals surface area contributed by atoms with Gasteiger partial charge < -0.3 is 5.73 Å². The van der Waals surface area contributed by atoms with Gasteiger partial charge in [0.2, 0.25) is 5.91 Å². The Labute approximate surface area is 379 Å². The Morgan fingerprint density at radius 3 is 1.47 bits per heavy atom. The van der Waals surface area contributed by atoms with Crippen LogP contribution in [0, 0.1) is 27.7 Å². The number of nitrogens with two attached hydrogens (primary N) is 1. The third kappa shape index (κ3) is 10.7. The fourth-order valence-corrected chi connectivity index (χ4v) is 8.84. The molecule has 0 saturated carbocycles. The fraction of sp³-hybridized carbons (Fsp3) is 0.122. The molecule has 0 radical (unpaired) electrons. The number of primary amides is 1. The summed E-state index contributed by atoms with van der Waals surface area (Å²) >= 11 is 0.934. The van der Waals surface area contributed by atoms with E-state index in [1.807, 2.05) is 36.4 Å². The van der Waals surface area contributed by atoms with Gasteiger partial charge in [-0.15, -0.1) is 11.3 Å². The van der Waals surface area contributed by atoms with E-state index in [4.69, 9.17) is 5.73 Å². The number of halogens is 6. The molecule has 8 aromatic rings. The van der Waals surface area contributed by atoms with Crippen LogP contribution in [0.15, 0.2) is 138 Å². The molecule has 0 spiro atoms. The summed E-state index contributed by atoms with van der Waals surface area (Å²) in [6.07, 6.45) is -8.83. The third-order valence-electron chi connectivity index (χ3n) is 10.2. The molecular weight excluding hydrogens is 901 g/mol. The summed E-state index contributed by atoms with van der Waals surface area (Å²) in [5.41, 5.74) is 11.8. The van der Waals surface area contributed by atoms with Gasteiger partial charge in [-0.25, -0.2) is 19.9 Å². The summed E-state index contributed by atoms with van der Waals surface area (Å²) in [5.74, 6) is 0.291. The Bertz CT molecular complexity index is 3260. The average Bonchev–Trinajstić information content (AvgIpc) is 3.77. The van der Waals surface area contributed by atoms with Crippen LogP contribution in [0.2, 0.25) is 0 Å².